The van der Waals surface area contributed by atoms with E-state index in [-0.39, 0.29) is 10.5 Å². The van der Waals surface area contributed by atoms with E-state index in [0.29, 0.717) is 0 Å². The zero-order valence-electron chi connectivity index (χ0n) is 7.99. The van der Waals surface area contributed by atoms with Crippen molar-refractivity contribution in [1.29, 1.82) is 0 Å². The van der Waals surface area contributed by atoms with E-state index in [9.17, 15) is 12.8 Å². The molecule has 2 radical (unpaired) electrons. The number of benzene rings is 1. The van der Waals surface area contributed by atoms with Gasteiger partial charge >= 0.3 is 0 Å². The highest BCUT2D eigenvalue weighted by molar-refractivity contribution is 7.90. The third-order valence-electron chi connectivity index (χ3n) is 1.85. The lowest BCUT2D eigenvalue weighted by Gasteiger charge is -2.15. The molecular formula is C9H10BFO2S. The molecule has 0 aliphatic carbocycles. The minimum Gasteiger partial charge on any atom is -0.250 e. The fourth-order valence-electron chi connectivity index (χ4n) is 1.03. The molecule has 5 heteroatoms. The Morgan fingerprint density at radius 3 is 2.00 bits per heavy atom. The van der Waals surface area contributed by atoms with Gasteiger partial charge in [-0.2, -0.15) is 0 Å². The van der Waals surface area contributed by atoms with Gasteiger partial charge in [0.25, 0.3) is 0 Å². The first-order valence-corrected chi connectivity index (χ1v) is 5.89. The maximum absolute atomic E-state index is 13.2. The van der Waals surface area contributed by atoms with E-state index in [1.165, 1.54) is 31.2 Å². The van der Waals surface area contributed by atoms with E-state index in [2.05, 4.69) is 0 Å². The Labute approximate surface area is 84.5 Å². The molecule has 74 valence electrons. The second-order valence-electron chi connectivity index (χ2n) is 3.37. The molecule has 0 amide bonds. The van der Waals surface area contributed by atoms with Crippen LogP contribution in [0.15, 0.2) is 29.2 Å². The van der Waals surface area contributed by atoms with Crippen LogP contribution in [0.1, 0.15) is 12.5 Å². The van der Waals surface area contributed by atoms with Crippen LogP contribution in [0.3, 0.4) is 0 Å². The lowest BCUT2D eigenvalue weighted by molar-refractivity contribution is 0.313. The van der Waals surface area contributed by atoms with Crippen molar-refractivity contribution in [3.05, 3.63) is 29.8 Å². The van der Waals surface area contributed by atoms with Crippen molar-refractivity contribution < 1.29 is 12.8 Å². The monoisotopic (exact) mass is 212 g/mol. The van der Waals surface area contributed by atoms with Gasteiger partial charge in [0.2, 0.25) is 0 Å². The molecular weight excluding hydrogens is 202 g/mol. The summed E-state index contributed by atoms with van der Waals surface area (Å²) in [5, 5.41) is 0. The van der Waals surface area contributed by atoms with Crippen molar-refractivity contribution in [2.45, 2.75) is 17.4 Å². The van der Waals surface area contributed by atoms with E-state index in [4.69, 9.17) is 7.85 Å². The van der Waals surface area contributed by atoms with E-state index in [0.717, 1.165) is 6.26 Å². The summed E-state index contributed by atoms with van der Waals surface area (Å²) in [5.41, 5.74) is -1.68. The molecule has 0 aromatic heterocycles. The van der Waals surface area contributed by atoms with E-state index in [1.54, 1.807) is 0 Å². The normalized spacial score (nSPS) is 16.2. The van der Waals surface area contributed by atoms with Crippen LogP contribution in [0.5, 0.6) is 0 Å². The van der Waals surface area contributed by atoms with Gasteiger partial charge in [0.1, 0.15) is 7.85 Å². The summed E-state index contributed by atoms with van der Waals surface area (Å²) in [5.74, 6) is 0. The van der Waals surface area contributed by atoms with Crippen LogP contribution in [0.25, 0.3) is 0 Å². The van der Waals surface area contributed by atoms with Gasteiger partial charge in [0.05, 0.1) is 10.5 Å². The molecule has 0 bridgehead atoms. The second kappa shape index (κ2) is 3.39. The fraction of sp³-hybridized carbons (Fsp3) is 0.333. The van der Waals surface area contributed by atoms with Crippen LogP contribution in [0.4, 0.5) is 4.39 Å². The Bertz CT molecular complexity index is 417. The number of rotatable bonds is 2. The molecule has 14 heavy (non-hydrogen) atoms. The SMILES string of the molecule is [B]C(C)(F)c1ccc(S(C)(=O)=O)cc1. The summed E-state index contributed by atoms with van der Waals surface area (Å²) in [7, 11) is 1.97. The molecule has 1 atom stereocenters. The molecule has 0 N–H and O–H groups in total. The van der Waals surface area contributed by atoms with Gasteiger partial charge in [-0.15, -0.1) is 0 Å². The number of sulfone groups is 1. The summed E-state index contributed by atoms with van der Waals surface area (Å²) < 4.78 is 35.3. The Balaban J connectivity index is 3.14. The summed E-state index contributed by atoms with van der Waals surface area (Å²) in [6.07, 6.45) is 1.10. The smallest absolute Gasteiger partial charge is 0.175 e. The minimum absolute atomic E-state index is 0.158. The van der Waals surface area contributed by atoms with Crippen molar-refractivity contribution in [1.82, 2.24) is 0 Å². The van der Waals surface area contributed by atoms with E-state index >= 15 is 0 Å². The molecule has 1 aromatic rings. The molecule has 0 saturated heterocycles. The van der Waals surface area contributed by atoms with Crippen LogP contribution in [-0.4, -0.2) is 22.5 Å². The molecule has 2 nitrogen and oxygen atoms in total. The minimum atomic E-state index is -3.23. The standard InChI is InChI=1S/C9H10BFO2S/c1-9(10,11)7-3-5-8(6-4-7)14(2,12)13/h3-6H,1-2H3. The van der Waals surface area contributed by atoms with Gasteiger partial charge in [-0.25, -0.2) is 8.42 Å². The average Bonchev–Trinajstić information content (AvgIpc) is 2.01. The number of halogens is 1. The second-order valence-corrected chi connectivity index (χ2v) is 5.39. The molecule has 0 spiro atoms. The first-order chi connectivity index (χ1) is 6.21. The largest absolute Gasteiger partial charge is 0.250 e. The molecule has 0 heterocycles. The Morgan fingerprint density at radius 1 is 1.29 bits per heavy atom. The Morgan fingerprint density at radius 2 is 1.71 bits per heavy atom. The maximum atomic E-state index is 13.2. The maximum Gasteiger partial charge on any atom is 0.175 e. The lowest BCUT2D eigenvalue weighted by Crippen LogP contribution is -2.14. The van der Waals surface area contributed by atoms with Crippen LogP contribution in [-0.2, 0) is 15.4 Å². The number of alkyl halides is 1. The summed E-state index contributed by atoms with van der Waals surface area (Å²) in [6.45, 7) is 1.21. The molecule has 1 rings (SSSR count). The molecule has 1 unspecified atom stereocenters. The highest BCUT2D eigenvalue weighted by atomic mass is 32.2. The average molecular weight is 212 g/mol. The quantitative estimate of drug-likeness (QED) is 0.694. The van der Waals surface area contributed by atoms with Crippen molar-refractivity contribution >= 4 is 17.7 Å². The fourth-order valence-corrected chi connectivity index (χ4v) is 1.66. The topological polar surface area (TPSA) is 34.1 Å². The van der Waals surface area contributed by atoms with E-state index < -0.39 is 15.4 Å². The van der Waals surface area contributed by atoms with Crippen LogP contribution < -0.4 is 0 Å². The first kappa shape index (κ1) is 11.2. The molecule has 0 fully saturated rings. The van der Waals surface area contributed by atoms with Crippen molar-refractivity contribution in [3.63, 3.8) is 0 Å². The van der Waals surface area contributed by atoms with E-state index in [1.807, 2.05) is 0 Å². The summed E-state index contributed by atoms with van der Waals surface area (Å²) in [6, 6.07) is 5.43. The first-order valence-electron chi connectivity index (χ1n) is 3.99. The van der Waals surface area contributed by atoms with Gasteiger partial charge in [-0.05, 0) is 24.6 Å². The predicted octanol–water partition coefficient (Wildman–Crippen LogP) is 1.40. The third kappa shape index (κ3) is 2.58. The summed E-state index contributed by atoms with van der Waals surface area (Å²) >= 11 is 0. The van der Waals surface area contributed by atoms with Crippen LogP contribution in [0.2, 0.25) is 0 Å². The van der Waals surface area contributed by atoms with Gasteiger partial charge in [-0.3, -0.25) is 4.39 Å². The highest BCUT2D eigenvalue weighted by Crippen LogP contribution is 2.22. The van der Waals surface area contributed by atoms with Crippen molar-refractivity contribution in [2.24, 2.45) is 0 Å². The summed E-state index contributed by atoms with van der Waals surface area (Å²) in [4.78, 5) is 0.158. The van der Waals surface area contributed by atoms with Gasteiger partial charge < -0.3 is 0 Å². The molecule has 1 aromatic carbocycles. The Kier molecular flexibility index (Phi) is 2.72. The lowest BCUT2D eigenvalue weighted by atomic mass is 9.79. The molecule has 0 aliphatic heterocycles. The number of hydrogen-bond donors (Lipinski definition) is 0. The zero-order chi connectivity index (χ0) is 11.0. The molecule has 0 aliphatic rings. The van der Waals surface area contributed by atoms with Crippen molar-refractivity contribution in [2.75, 3.05) is 6.26 Å². The third-order valence-corrected chi connectivity index (χ3v) is 2.98. The Hall–Kier alpha value is -0.835. The highest BCUT2D eigenvalue weighted by Gasteiger charge is 2.18. The predicted molar refractivity (Wildman–Crippen MR) is 53.8 cm³/mol. The van der Waals surface area contributed by atoms with Crippen molar-refractivity contribution in [3.8, 4) is 0 Å². The van der Waals surface area contributed by atoms with Crippen LogP contribution >= 0.6 is 0 Å². The van der Waals surface area contributed by atoms with Gasteiger partial charge in [-0.1, -0.05) is 12.1 Å². The van der Waals surface area contributed by atoms with Gasteiger partial charge in [0.15, 0.2) is 9.84 Å². The zero-order valence-corrected chi connectivity index (χ0v) is 8.81. The van der Waals surface area contributed by atoms with Gasteiger partial charge in [0, 0.05) is 6.26 Å². The number of hydrogen-bond acceptors (Lipinski definition) is 2. The van der Waals surface area contributed by atoms with Crippen LogP contribution in [0, 0.1) is 0 Å². The molecule has 0 saturated carbocycles.